The van der Waals surface area contributed by atoms with E-state index in [4.69, 9.17) is 20.9 Å². The van der Waals surface area contributed by atoms with Crippen LogP contribution in [0.4, 0.5) is 0 Å². The molecule has 0 aliphatic carbocycles. The molecule has 0 saturated carbocycles. The van der Waals surface area contributed by atoms with Crippen molar-refractivity contribution in [3.63, 3.8) is 0 Å². The molecular formula is C18H21ClN2O5S. The van der Waals surface area contributed by atoms with Crippen molar-refractivity contribution in [1.82, 2.24) is 9.46 Å². The van der Waals surface area contributed by atoms with Crippen LogP contribution in [0, 0.1) is 13.8 Å². The van der Waals surface area contributed by atoms with Crippen molar-refractivity contribution in [3.8, 4) is 0 Å². The first-order valence-electron chi connectivity index (χ1n) is 8.69. The van der Waals surface area contributed by atoms with E-state index in [1.807, 2.05) is 0 Å². The lowest BCUT2D eigenvalue weighted by atomic mass is 10.2. The van der Waals surface area contributed by atoms with Crippen molar-refractivity contribution in [3.05, 3.63) is 45.8 Å². The number of aryl methyl sites for hydroxylation is 2. The molecule has 9 heteroatoms. The van der Waals surface area contributed by atoms with Crippen LogP contribution < -0.4 is 0 Å². The number of benzene rings is 1. The third-order valence-corrected chi connectivity index (χ3v) is 7.01. The number of nitrogens with zero attached hydrogens (tertiary/aromatic N) is 2. The number of aromatic nitrogens is 1. The van der Waals surface area contributed by atoms with Gasteiger partial charge in [-0.15, -0.1) is 0 Å². The Bertz CT molecular complexity index is 929. The van der Waals surface area contributed by atoms with Crippen LogP contribution in [0.25, 0.3) is 0 Å². The van der Waals surface area contributed by atoms with E-state index in [9.17, 15) is 13.2 Å². The number of piperidine rings is 1. The van der Waals surface area contributed by atoms with Gasteiger partial charge in [-0.25, -0.2) is 13.2 Å². The Labute approximate surface area is 163 Å². The maximum Gasteiger partial charge on any atom is 0.338 e. The van der Waals surface area contributed by atoms with Gasteiger partial charge in [-0.3, -0.25) is 0 Å². The van der Waals surface area contributed by atoms with Gasteiger partial charge in [-0.05, 0) is 44.9 Å². The van der Waals surface area contributed by atoms with E-state index >= 15 is 0 Å². The first-order valence-corrected chi connectivity index (χ1v) is 10.5. The highest BCUT2D eigenvalue weighted by Gasteiger charge is 2.29. The summed E-state index contributed by atoms with van der Waals surface area (Å²) in [5.74, 6) is -0.0634. The molecule has 1 aliphatic heterocycles. The summed E-state index contributed by atoms with van der Waals surface area (Å²) in [6, 6.07) is 4.14. The molecule has 1 fully saturated rings. The van der Waals surface area contributed by atoms with Gasteiger partial charge in [-0.2, -0.15) is 4.31 Å². The van der Waals surface area contributed by atoms with Gasteiger partial charge in [0.15, 0.2) is 0 Å². The highest BCUT2D eigenvalue weighted by molar-refractivity contribution is 7.89. The van der Waals surface area contributed by atoms with Gasteiger partial charge in [-0.1, -0.05) is 23.2 Å². The van der Waals surface area contributed by atoms with Gasteiger partial charge in [0.25, 0.3) is 0 Å². The van der Waals surface area contributed by atoms with Crippen LogP contribution in [-0.2, 0) is 21.4 Å². The van der Waals surface area contributed by atoms with E-state index in [2.05, 4.69) is 5.16 Å². The first kappa shape index (κ1) is 19.9. The average molecular weight is 413 g/mol. The summed E-state index contributed by atoms with van der Waals surface area (Å²) in [6.07, 6.45) is 2.64. The predicted molar refractivity (Wildman–Crippen MR) is 99.2 cm³/mol. The van der Waals surface area contributed by atoms with Gasteiger partial charge >= 0.3 is 5.97 Å². The topological polar surface area (TPSA) is 89.7 Å². The van der Waals surface area contributed by atoms with E-state index in [1.165, 1.54) is 22.5 Å². The van der Waals surface area contributed by atoms with Crippen LogP contribution in [0.5, 0.6) is 0 Å². The maximum atomic E-state index is 12.9. The predicted octanol–water partition coefficient (Wildman–Crippen LogP) is 3.48. The molecule has 1 aliphatic rings. The zero-order valence-electron chi connectivity index (χ0n) is 15.2. The molecule has 27 heavy (non-hydrogen) atoms. The number of hydrogen-bond acceptors (Lipinski definition) is 6. The number of esters is 1. The molecule has 146 valence electrons. The number of rotatable bonds is 5. The van der Waals surface area contributed by atoms with Gasteiger partial charge < -0.3 is 9.26 Å². The SMILES string of the molecule is Cc1noc(C)c1COC(=O)c1ccc(Cl)c(S(=O)(=O)N2CCCCC2)c1. The Morgan fingerprint density at radius 3 is 2.59 bits per heavy atom. The largest absolute Gasteiger partial charge is 0.457 e. The summed E-state index contributed by atoms with van der Waals surface area (Å²) < 4.78 is 37.5. The number of hydrogen-bond donors (Lipinski definition) is 0. The van der Waals surface area contributed by atoms with Crippen molar-refractivity contribution < 1.29 is 22.5 Å². The van der Waals surface area contributed by atoms with Crippen molar-refractivity contribution in [2.24, 2.45) is 0 Å². The summed E-state index contributed by atoms with van der Waals surface area (Å²) in [7, 11) is -3.75. The van der Waals surface area contributed by atoms with E-state index in [1.54, 1.807) is 13.8 Å². The number of halogens is 1. The third-order valence-electron chi connectivity index (χ3n) is 4.63. The molecule has 2 heterocycles. The third kappa shape index (κ3) is 4.17. The molecule has 0 radical (unpaired) electrons. The van der Waals surface area contributed by atoms with Gasteiger partial charge in [0.2, 0.25) is 10.0 Å². The fourth-order valence-corrected chi connectivity index (χ4v) is 5.02. The maximum absolute atomic E-state index is 12.9. The fourth-order valence-electron chi connectivity index (χ4n) is 3.00. The van der Waals surface area contributed by atoms with Crippen LogP contribution in [0.1, 0.15) is 46.6 Å². The Morgan fingerprint density at radius 2 is 1.96 bits per heavy atom. The standard InChI is InChI=1S/C18H21ClN2O5S/c1-12-15(13(2)26-20-12)11-25-18(22)14-6-7-16(19)17(10-14)27(23,24)21-8-4-3-5-9-21/h6-7,10H,3-5,8-9,11H2,1-2H3. The van der Waals surface area contributed by atoms with Crippen LogP contribution in [0.3, 0.4) is 0 Å². The minimum Gasteiger partial charge on any atom is -0.457 e. The molecule has 7 nitrogen and oxygen atoms in total. The number of sulfonamides is 1. The summed E-state index contributed by atoms with van der Waals surface area (Å²) in [5.41, 5.74) is 1.46. The van der Waals surface area contributed by atoms with Crippen LogP contribution >= 0.6 is 11.6 Å². The second kappa shape index (κ2) is 8.00. The van der Waals surface area contributed by atoms with Crippen LogP contribution in [0.2, 0.25) is 5.02 Å². The molecule has 1 aromatic heterocycles. The molecule has 0 unspecified atom stereocenters. The Balaban J connectivity index is 1.81. The summed E-state index contributed by atoms with van der Waals surface area (Å²) in [5, 5.41) is 3.89. The highest BCUT2D eigenvalue weighted by atomic mass is 35.5. The minimum absolute atomic E-state index is 0.00314. The lowest BCUT2D eigenvalue weighted by Crippen LogP contribution is -2.35. The van der Waals surface area contributed by atoms with E-state index in [0.29, 0.717) is 30.1 Å². The number of carbonyl (C=O) groups excluding carboxylic acids is 1. The van der Waals surface area contributed by atoms with Gasteiger partial charge in [0, 0.05) is 13.1 Å². The smallest absolute Gasteiger partial charge is 0.338 e. The first-order chi connectivity index (χ1) is 12.8. The lowest BCUT2D eigenvalue weighted by Gasteiger charge is -2.26. The zero-order valence-corrected chi connectivity index (χ0v) is 16.8. The van der Waals surface area contributed by atoms with Gasteiger partial charge in [0.1, 0.15) is 17.3 Å². The van der Waals surface area contributed by atoms with E-state index in [0.717, 1.165) is 19.3 Å². The lowest BCUT2D eigenvalue weighted by molar-refractivity contribution is 0.0470. The molecule has 0 spiro atoms. The zero-order chi connectivity index (χ0) is 19.6. The highest BCUT2D eigenvalue weighted by Crippen LogP contribution is 2.28. The van der Waals surface area contributed by atoms with E-state index < -0.39 is 16.0 Å². The monoisotopic (exact) mass is 412 g/mol. The quantitative estimate of drug-likeness (QED) is 0.698. The Morgan fingerprint density at radius 1 is 1.26 bits per heavy atom. The van der Waals surface area contributed by atoms with Gasteiger partial charge in [0.05, 0.1) is 21.8 Å². The van der Waals surface area contributed by atoms with Crippen LogP contribution in [0.15, 0.2) is 27.6 Å². The Hall–Kier alpha value is -1.90. The molecule has 3 rings (SSSR count). The second-order valence-corrected chi connectivity index (χ2v) is 8.80. The van der Waals surface area contributed by atoms with Crippen LogP contribution in [-0.4, -0.2) is 36.9 Å². The Kier molecular flexibility index (Phi) is 5.88. The number of ether oxygens (including phenoxy) is 1. The molecular weight excluding hydrogens is 392 g/mol. The molecule has 0 N–H and O–H groups in total. The molecule has 0 bridgehead atoms. The molecule has 1 saturated heterocycles. The molecule has 1 aromatic carbocycles. The van der Waals surface area contributed by atoms with Crippen molar-refractivity contribution in [2.75, 3.05) is 13.1 Å². The summed E-state index contributed by atoms with van der Waals surface area (Å²) in [4.78, 5) is 12.3. The average Bonchev–Trinajstić information content (AvgIpc) is 2.98. The van der Waals surface area contributed by atoms with E-state index in [-0.39, 0.29) is 22.1 Å². The second-order valence-electron chi connectivity index (χ2n) is 6.49. The van der Waals surface area contributed by atoms with Crippen molar-refractivity contribution >= 4 is 27.6 Å². The molecule has 0 amide bonds. The normalized spacial score (nSPS) is 15.7. The van der Waals surface area contributed by atoms with Crippen molar-refractivity contribution in [1.29, 1.82) is 0 Å². The molecule has 2 aromatic rings. The minimum atomic E-state index is -3.75. The van der Waals surface area contributed by atoms with Crippen molar-refractivity contribution in [2.45, 2.75) is 44.6 Å². The number of carbonyl (C=O) groups is 1. The molecule has 0 atom stereocenters. The summed E-state index contributed by atoms with van der Waals surface area (Å²) in [6.45, 7) is 4.40. The summed E-state index contributed by atoms with van der Waals surface area (Å²) >= 11 is 6.13. The fraction of sp³-hybridized carbons (Fsp3) is 0.444.